The van der Waals surface area contributed by atoms with Crippen LogP contribution in [0.2, 0.25) is 0 Å². The lowest BCUT2D eigenvalue weighted by Crippen LogP contribution is -2.58. The van der Waals surface area contributed by atoms with Crippen molar-refractivity contribution in [1.29, 1.82) is 0 Å². The molecule has 0 radical (unpaired) electrons. The molecule has 0 aromatic rings. The molecule has 1 aliphatic heterocycles. The molecule has 0 aromatic heterocycles. The van der Waals surface area contributed by atoms with Gasteiger partial charge in [-0.2, -0.15) is 0 Å². The average molecular weight is 471 g/mol. The third-order valence-corrected chi connectivity index (χ3v) is 5.67. The molecule has 9 N–H and O–H groups in total. The predicted octanol–water partition coefficient (Wildman–Crippen LogP) is -1.59. The summed E-state index contributed by atoms with van der Waals surface area (Å²) in [4.78, 5) is 62.5. The van der Waals surface area contributed by atoms with Gasteiger partial charge in [0.25, 0.3) is 0 Å². The summed E-state index contributed by atoms with van der Waals surface area (Å²) >= 11 is 0. The molecule has 1 saturated heterocycles. The van der Waals surface area contributed by atoms with Crippen molar-refractivity contribution in [2.45, 2.75) is 83.0 Å². The van der Waals surface area contributed by atoms with Crippen molar-refractivity contribution < 1.29 is 29.1 Å². The topological polar surface area (TPSA) is 211 Å². The summed E-state index contributed by atoms with van der Waals surface area (Å²) in [5, 5.41) is 14.6. The lowest BCUT2D eigenvalue weighted by molar-refractivity contribution is -0.150. The summed E-state index contributed by atoms with van der Waals surface area (Å²) in [6.07, 6.45) is 2.41. The van der Waals surface area contributed by atoms with Crippen LogP contribution in [0.3, 0.4) is 0 Å². The zero-order valence-electron chi connectivity index (χ0n) is 19.4. The Bertz CT molecular complexity index is 715. The van der Waals surface area contributed by atoms with E-state index < -0.39 is 53.8 Å². The van der Waals surface area contributed by atoms with E-state index in [-0.39, 0.29) is 25.3 Å². The smallest absolute Gasteiger partial charge is 0.326 e. The zero-order chi connectivity index (χ0) is 25.1. The highest BCUT2D eigenvalue weighted by Crippen LogP contribution is 2.20. The van der Waals surface area contributed by atoms with Gasteiger partial charge in [0.05, 0.1) is 6.04 Å². The number of unbranched alkanes of at least 4 members (excludes halogenated alkanes) is 1. The van der Waals surface area contributed by atoms with Crippen molar-refractivity contribution >= 4 is 29.6 Å². The number of nitrogens with zero attached hydrogens (tertiary/aromatic N) is 1. The minimum absolute atomic E-state index is 0.0666. The molecule has 0 aromatic carbocycles. The largest absolute Gasteiger partial charge is 0.480 e. The molecule has 12 heteroatoms. The van der Waals surface area contributed by atoms with Gasteiger partial charge in [0, 0.05) is 13.0 Å². The van der Waals surface area contributed by atoms with E-state index in [4.69, 9.17) is 17.2 Å². The number of carbonyl (C=O) groups excluding carboxylic acids is 4. The van der Waals surface area contributed by atoms with Gasteiger partial charge < -0.3 is 37.8 Å². The van der Waals surface area contributed by atoms with E-state index >= 15 is 0 Å². The second-order valence-corrected chi connectivity index (χ2v) is 8.72. The third-order valence-electron chi connectivity index (χ3n) is 5.67. The van der Waals surface area contributed by atoms with Crippen LogP contribution in [0.1, 0.15) is 58.8 Å². The van der Waals surface area contributed by atoms with Crippen LogP contribution in [0, 0.1) is 5.92 Å². The number of likely N-dealkylation sites (tertiary alicyclic amines) is 1. The summed E-state index contributed by atoms with van der Waals surface area (Å²) in [5.74, 6) is -3.81. The van der Waals surface area contributed by atoms with Crippen LogP contribution in [-0.2, 0) is 24.0 Å². The molecule has 0 saturated carbocycles. The molecule has 4 atom stereocenters. The van der Waals surface area contributed by atoms with Gasteiger partial charge >= 0.3 is 5.97 Å². The Balaban J connectivity index is 2.92. The van der Waals surface area contributed by atoms with Crippen molar-refractivity contribution in [2.75, 3.05) is 13.1 Å². The fourth-order valence-corrected chi connectivity index (χ4v) is 3.71. The van der Waals surface area contributed by atoms with Gasteiger partial charge in [0.15, 0.2) is 0 Å². The van der Waals surface area contributed by atoms with Gasteiger partial charge in [-0.1, -0.05) is 20.3 Å². The number of carboxylic acids is 1. The molecule has 0 bridgehead atoms. The summed E-state index contributed by atoms with van der Waals surface area (Å²) in [6, 6.07) is -3.92. The Kier molecular flexibility index (Phi) is 11.8. The normalized spacial score (nSPS) is 18.5. The maximum absolute atomic E-state index is 13.1. The minimum Gasteiger partial charge on any atom is -0.480 e. The van der Waals surface area contributed by atoms with Crippen molar-refractivity contribution in [3.8, 4) is 0 Å². The van der Waals surface area contributed by atoms with E-state index in [1.807, 2.05) is 0 Å². The van der Waals surface area contributed by atoms with E-state index in [1.54, 1.807) is 13.8 Å². The van der Waals surface area contributed by atoms with Gasteiger partial charge in [-0.25, -0.2) is 4.79 Å². The second kappa shape index (κ2) is 13.7. The first kappa shape index (κ1) is 28.3. The van der Waals surface area contributed by atoms with Gasteiger partial charge in [-0.3, -0.25) is 19.2 Å². The number of rotatable bonds is 14. The molecule has 0 spiro atoms. The Hall–Kier alpha value is -2.73. The third kappa shape index (κ3) is 8.97. The van der Waals surface area contributed by atoms with Crippen LogP contribution in [0.15, 0.2) is 0 Å². The highest BCUT2D eigenvalue weighted by Gasteiger charge is 2.39. The summed E-state index contributed by atoms with van der Waals surface area (Å²) in [7, 11) is 0. The van der Waals surface area contributed by atoms with Crippen molar-refractivity contribution in [3.63, 3.8) is 0 Å². The lowest BCUT2D eigenvalue weighted by atomic mass is 10.0. The highest BCUT2D eigenvalue weighted by atomic mass is 16.4. The number of hydrogen-bond acceptors (Lipinski definition) is 7. The Morgan fingerprint density at radius 1 is 1.06 bits per heavy atom. The number of hydrogen-bond donors (Lipinski definition) is 6. The van der Waals surface area contributed by atoms with Crippen molar-refractivity contribution in [1.82, 2.24) is 15.5 Å². The number of amides is 4. The molecule has 1 heterocycles. The first-order chi connectivity index (χ1) is 15.5. The number of primary amides is 1. The van der Waals surface area contributed by atoms with E-state index in [0.717, 1.165) is 0 Å². The average Bonchev–Trinajstić information content (AvgIpc) is 3.24. The van der Waals surface area contributed by atoms with Crippen LogP contribution < -0.4 is 27.8 Å². The Morgan fingerprint density at radius 2 is 1.73 bits per heavy atom. The van der Waals surface area contributed by atoms with Crippen LogP contribution in [0.5, 0.6) is 0 Å². The maximum Gasteiger partial charge on any atom is 0.326 e. The molecule has 0 aliphatic carbocycles. The van der Waals surface area contributed by atoms with Crippen LogP contribution in [-0.4, -0.2) is 76.9 Å². The van der Waals surface area contributed by atoms with Crippen molar-refractivity contribution in [2.24, 2.45) is 23.1 Å². The number of nitrogens with one attached hydrogen (secondary N) is 2. The monoisotopic (exact) mass is 470 g/mol. The van der Waals surface area contributed by atoms with Gasteiger partial charge in [-0.15, -0.1) is 0 Å². The molecule has 1 fully saturated rings. The van der Waals surface area contributed by atoms with E-state index in [2.05, 4.69) is 10.6 Å². The van der Waals surface area contributed by atoms with Crippen LogP contribution >= 0.6 is 0 Å². The number of nitrogens with two attached hydrogens (primary N) is 3. The van der Waals surface area contributed by atoms with E-state index in [0.29, 0.717) is 38.6 Å². The molecule has 188 valence electrons. The summed E-state index contributed by atoms with van der Waals surface area (Å²) < 4.78 is 0. The summed E-state index contributed by atoms with van der Waals surface area (Å²) in [6.45, 7) is 4.20. The van der Waals surface area contributed by atoms with Gasteiger partial charge in [0.2, 0.25) is 23.6 Å². The molecule has 1 rings (SSSR count). The fraction of sp³-hybridized carbons (Fsp3) is 0.762. The lowest BCUT2D eigenvalue weighted by Gasteiger charge is -2.30. The number of aliphatic carboxylic acids is 1. The summed E-state index contributed by atoms with van der Waals surface area (Å²) in [5.41, 5.74) is 16.5. The van der Waals surface area contributed by atoms with E-state index in [9.17, 15) is 29.1 Å². The molecule has 12 nitrogen and oxygen atoms in total. The molecular formula is C21H38N6O6. The van der Waals surface area contributed by atoms with Gasteiger partial charge in [0.1, 0.15) is 18.1 Å². The zero-order valence-corrected chi connectivity index (χ0v) is 19.4. The molecular weight excluding hydrogens is 432 g/mol. The highest BCUT2D eigenvalue weighted by molar-refractivity contribution is 5.94. The Morgan fingerprint density at radius 3 is 2.27 bits per heavy atom. The fourth-order valence-electron chi connectivity index (χ4n) is 3.71. The van der Waals surface area contributed by atoms with Crippen molar-refractivity contribution in [3.05, 3.63) is 0 Å². The maximum atomic E-state index is 13.1. The predicted molar refractivity (Wildman–Crippen MR) is 120 cm³/mol. The van der Waals surface area contributed by atoms with Gasteiger partial charge in [-0.05, 0) is 44.6 Å². The van der Waals surface area contributed by atoms with Crippen LogP contribution in [0.25, 0.3) is 0 Å². The van der Waals surface area contributed by atoms with E-state index in [1.165, 1.54) is 4.90 Å². The van der Waals surface area contributed by atoms with Crippen LogP contribution in [0.4, 0.5) is 0 Å². The quantitative estimate of drug-likeness (QED) is 0.162. The molecule has 4 amide bonds. The molecule has 4 unspecified atom stereocenters. The standard InChI is InChI=1S/C21H38N6O6/c1-12(2)17(20(31)27-11-5-7-15(27)21(32)33)26-19(30)14(8-9-16(24)28)25-18(29)13(23)6-3-4-10-22/h12-15,17H,3-11,22-23H2,1-2H3,(H2,24,28)(H,25,29)(H,26,30)(H,32,33). The number of carbonyl (C=O) groups is 5. The molecule has 1 aliphatic rings. The Labute approximate surface area is 194 Å². The first-order valence-electron chi connectivity index (χ1n) is 11.4. The second-order valence-electron chi connectivity index (χ2n) is 8.72. The molecule has 33 heavy (non-hydrogen) atoms. The number of carboxylic acid groups (broad SMARTS) is 1. The minimum atomic E-state index is -1.13. The first-order valence-corrected chi connectivity index (χ1v) is 11.4. The SMILES string of the molecule is CC(C)C(NC(=O)C(CCC(N)=O)NC(=O)C(N)CCCCN)C(=O)N1CCCC1C(=O)O.